The van der Waals surface area contributed by atoms with Crippen molar-refractivity contribution in [3.8, 4) is 11.5 Å². The number of hydrogen-bond acceptors (Lipinski definition) is 5. The van der Waals surface area contributed by atoms with E-state index in [1.54, 1.807) is 31.2 Å². The lowest BCUT2D eigenvalue weighted by atomic mass is 10.1. The first-order chi connectivity index (χ1) is 11.0. The summed E-state index contributed by atoms with van der Waals surface area (Å²) < 4.78 is 11.9. The molecule has 118 valence electrons. The van der Waals surface area contributed by atoms with E-state index in [4.69, 9.17) is 21.1 Å². The van der Waals surface area contributed by atoms with Crippen LogP contribution in [0.1, 0.15) is 15.2 Å². The lowest BCUT2D eigenvalue weighted by Crippen LogP contribution is -2.24. The van der Waals surface area contributed by atoms with Gasteiger partial charge in [0, 0.05) is 5.02 Å². The van der Waals surface area contributed by atoms with Crippen molar-refractivity contribution in [3.63, 3.8) is 0 Å². The number of rotatable bonds is 3. The Bertz CT molecular complexity index is 889. The lowest BCUT2D eigenvalue weighted by Gasteiger charge is -2.07. The van der Waals surface area contributed by atoms with Gasteiger partial charge in [0.2, 0.25) is 11.9 Å². The van der Waals surface area contributed by atoms with E-state index in [1.165, 1.54) is 30.8 Å². The van der Waals surface area contributed by atoms with E-state index in [-0.39, 0.29) is 0 Å². The number of carbonyl (C=O) groups is 1. The van der Waals surface area contributed by atoms with Crippen LogP contribution < -0.4 is 9.47 Å². The van der Waals surface area contributed by atoms with Gasteiger partial charge < -0.3 is 14.7 Å². The molecular formula is C16H12ClNO4S. The number of esters is 1. The maximum atomic E-state index is 11.8. The van der Waals surface area contributed by atoms with Crippen molar-refractivity contribution in [2.45, 2.75) is 6.92 Å². The van der Waals surface area contributed by atoms with E-state index in [0.29, 0.717) is 30.8 Å². The minimum absolute atomic E-state index is 0.378. The fourth-order valence-corrected chi connectivity index (χ4v) is 3.54. The van der Waals surface area contributed by atoms with Gasteiger partial charge in [-0.2, -0.15) is 4.73 Å². The van der Waals surface area contributed by atoms with Gasteiger partial charge in [0.05, 0.1) is 12.5 Å². The van der Waals surface area contributed by atoms with Crippen molar-refractivity contribution in [1.82, 2.24) is 0 Å². The number of pyridine rings is 1. The second-order valence-corrected chi connectivity index (χ2v) is 6.31. The summed E-state index contributed by atoms with van der Waals surface area (Å²) in [4.78, 5) is 12.3. The summed E-state index contributed by atoms with van der Waals surface area (Å²) in [6.45, 7) is 1.80. The highest BCUT2D eigenvalue weighted by molar-refractivity contribution is 7.21. The smallest absolute Gasteiger partial charge is 0.348 e. The number of fused-ring (bicyclic) bond motifs is 1. The van der Waals surface area contributed by atoms with Crippen molar-refractivity contribution in [3.05, 3.63) is 57.3 Å². The zero-order valence-corrected chi connectivity index (χ0v) is 13.9. The molecule has 0 unspecified atom stereocenters. The van der Waals surface area contributed by atoms with Crippen molar-refractivity contribution >= 4 is 39.0 Å². The van der Waals surface area contributed by atoms with Gasteiger partial charge in [0.15, 0.2) is 6.20 Å². The van der Waals surface area contributed by atoms with E-state index in [2.05, 4.69) is 0 Å². The Labute approximate surface area is 141 Å². The van der Waals surface area contributed by atoms with Gasteiger partial charge >= 0.3 is 5.97 Å². The van der Waals surface area contributed by atoms with Gasteiger partial charge in [-0.3, -0.25) is 0 Å². The molecule has 0 aliphatic carbocycles. The van der Waals surface area contributed by atoms with Crippen LogP contribution in [0.15, 0.2) is 36.7 Å². The molecule has 0 aliphatic rings. The highest BCUT2D eigenvalue weighted by Crippen LogP contribution is 2.38. The van der Waals surface area contributed by atoms with Crippen LogP contribution >= 0.6 is 22.9 Å². The molecule has 23 heavy (non-hydrogen) atoms. The molecule has 0 spiro atoms. The molecule has 1 aromatic carbocycles. The van der Waals surface area contributed by atoms with Crippen molar-refractivity contribution in [2.24, 2.45) is 0 Å². The predicted octanol–water partition coefficient (Wildman–Crippen LogP) is 4.08. The number of nitrogens with zero attached hydrogens (tertiary/aromatic N) is 1. The van der Waals surface area contributed by atoms with Crippen molar-refractivity contribution in [1.29, 1.82) is 0 Å². The summed E-state index contributed by atoms with van der Waals surface area (Å²) in [5, 5.41) is 13.1. The number of carbonyl (C=O) groups excluding carboxylic acids is 1. The highest BCUT2D eigenvalue weighted by atomic mass is 35.5. The monoisotopic (exact) mass is 349 g/mol. The molecule has 0 atom stereocenters. The van der Waals surface area contributed by atoms with Crippen molar-refractivity contribution in [2.75, 3.05) is 7.11 Å². The quantitative estimate of drug-likeness (QED) is 0.406. The van der Waals surface area contributed by atoms with Crippen LogP contribution in [0.4, 0.5) is 0 Å². The Hall–Kier alpha value is -2.31. The molecule has 0 fully saturated rings. The first-order valence-electron chi connectivity index (χ1n) is 6.67. The summed E-state index contributed by atoms with van der Waals surface area (Å²) in [7, 11) is 1.32. The number of methoxy groups -OCH3 is 1. The number of aryl methyl sites for hydroxylation is 1. The molecule has 0 bridgehead atoms. The molecule has 3 aromatic rings. The van der Waals surface area contributed by atoms with E-state index >= 15 is 0 Å². The molecule has 0 radical (unpaired) electrons. The van der Waals surface area contributed by atoms with Crippen LogP contribution in [0.5, 0.6) is 11.5 Å². The normalized spacial score (nSPS) is 10.7. The molecule has 0 N–H and O–H groups in total. The number of aromatic nitrogens is 1. The number of halogens is 1. The first kappa shape index (κ1) is 15.6. The van der Waals surface area contributed by atoms with Crippen LogP contribution in [0, 0.1) is 12.1 Å². The minimum Gasteiger partial charge on any atom is -0.619 e. The molecule has 2 heterocycles. The van der Waals surface area contributed by atoms with Gasteiger partial charge in [0.1, 0.15) is 15.3 Å². The van der Waals surface area contributed by atoms with Gasteiger partial charge in [-0.25, -0.2) is 4.79 Å². The number of ether oxygens (including phenoxy) is 2. The standard InChI is InChI=1S/C16H12ClNO4S/c1-9-14-12(22-11-5-3-10(17)4-6-11)7-18(20)8-13(14)23-15(9)16(19)21-2/h3-8H,1-2H3. The second kappa shape index (κ2) is 6.06. The largest absolute Gasteiger partial charge is 0.619 e. The summed E-state index contributed by atoms with van der Waals surface area (Å²) in [6, 6.07) is 6.81. The fourth-order valence-electron chi connectivity index (χ4n) is 2.26. The van der Waals surface area contributed by atoms with E-state index in [0.717, 1.165) is 10.9 Å². The lowest BCUT2D eigenvalue weighted by molar-refractivity contribution is -0.604. The third-order valence-corrected chi connectivity index (χ3v) is 4.78. The van der Waals surface area contributed by atoms with Gasteiger partial charge in [-0.1, -0.05) is 11.6 Å². The summed E-state index contributed by atoms with van der Waals surface area (Å²) >= 11 is 7.06. The molecule has 3 rings (SSSR count). The maximum Gasteiger partial charge on any atom is 0.348 e. The molecule has 0 saturated carbocycles. The SMILES string of the molecule is COC(=O)c1sc2c[n+]([O-])cc(Oc3ccc(Cl)cc3)c2c1C. The third-order valence-electron chi connectivity index (χ3n) is 3.32. The Morgan fingerprint density at radius 1 is 1.26 bits per heavy atom. The summed E-state index contributed by atoms with van der Waals surface area (Å²) in [5.41, 5.74) is 0.724. The van der Waals surface area contributed by atoms with Crippen LogP contribution in [0.3, 0.4) is 0 Å². The van der Waals surface area contributed by atoms with Crippen LogP contribution in [-0.2, 0) is 4.74 Å². The molecule has 7 heteroatoms. The predicted molar refractivity (Wildman–Crippen MR) is 88.4 cm³/mol. The Morgan fingerprint density at radius 3 is 2.61 bits per heavy atom. The summed E-state index contributed by atoms with van der Waals surface area (Å²) in [6.07, 6.45) is 2.74. The number of benzene rings is 1. The fraction of sp³-hybridized carbons (Fsp3) is 0.125. The second-order valence-electron chi connectivity index (χ2n) is 4.83. The van der Waals surface area contributed by atoms with E-state index in [9.17, 15) is 10.0 Å². The van der Waals surface area contributed by atoms with Gasteiger partial charge in [-0.15, -0.1) is 11.3 Å². The molecule has 0 amide bonds. The Morgan fingerprint density at radius 2 is 1.96 bits per heavy atom. The average Bonchev–Trinajstić information content (AvgIpc) is 2.85. The minimum atomic E-state index is -0.432. The van der Waals surface area contributed by atoms with Crippen molar-refractivity contribution < 1.29 is 19.0 Å². The molecule has 0 saturated heterocycles. The Balaban J connectivity index is 2.13. The topological polar surface area (TPSA) is 62.5 Å². The van der Waals surface area contributed by atoms with E-state index in [1.807, 2.05) is 0 Å². The van der Waals surface area contributed by atoms with Crippen LogP contribution in [0.25, 0.3) is 10.1 Å². The first-order valence-corrected chi connectivity index (χ1v) is 7.86. The zero-order chi connectivity index (χ0) is 16.6. The molecule has 5 nitrogen and oxygen atoms in total. The van der Waals surface area contributed by atoms with Gasteiger partial charge in [0.25, 0.3) is 0 Å². The Kier molecular flexibility index (Phi) is 4.11. The summed E-state index contributed by atoms with van der Waals surface area (Å²) in [5.74, 6) is 0.495. The van der Waals surface area contributed by atoms with E-state index < -0.39 is 5.97 Å². The number of hydrogen-bond donors (Lipinski definition) is 0. The maximum absolute atomic E-state index is 11.8. The number of thiophene rings is 1. The highest BCUT2D eigenvalue weighted by Gasteiger charge is 2.22. The zero-order valence-electron chi connectivity index (χ0n) is 12.3. The average molecular weight is 350 g/mol. The molecule has 2 aromatic heterocycles. The van der Waals surface area contributed by atoms with Crippen LogP contribution in [-0.4, -0.2) is 13.1 Å². The van der Waals surface area contributed by atoms with Gasteiger partial charge in [-0.05, 0) is 36.8 Å². The third kappa shape index (κ3) is 2.95. The molecule has 0 aliphatic heterocycles. The molecular weight excluding hydrogens is 338 g/mol. The van der Waals surface area contributed by atoms with Crippen LogP contribution in [0.2, 0.25) is 5.02 Å².